The average Bonchev–Trinajstić information content (AvgIpc) is 2.63. The van der Waals surface area contributed by atoms with Gasteiger partial charge in [-0.2, -0.15) is 4.31 Å². The van der Waals surface area contributed by atoms with Crippen molar-refractivity contribution in [3.63, 3.8) is 0 Å². The van der Waals surface area contributed by atoms with E-state index in [0.29, 0.717) is 23.8 Å². The molecule has 1 aromatic carbocycles. The lowest BCUT2D eigenvalue weighted by Crippen LogP contribution is -2.30. The number of hydrogen-bond donors (Lipinski definition) is 1. The summed E-state index contributed by atoms with van der Waals surface area (Å²) in [7, 11) is -3.49. The first-order valence-corrected chi connectivity index (χ1v) is 10.1. The number of amides is 1. The molecule has 2 rings (SSSR count). The van der Waals surface area contributed by atoms with Gasteiger partial charge in [-0.05, 0) is 36.8 Å². The molecule has 26 heavy (non-hydrogen) atoms. The highest BCUT2D eigenvalue weighted by molar-refractivity contribution is 7.89. The van der Waals surface area contributed by atoms with Crippen LogP contribution in [0.3, 0.4) is 0 Å². The summed E-state index contributed by atoms with van der Waals surface area (Å²) in [5.41, 5.74) is 1.21. The van der Waals surface area contributed by atoms with E-state index in [4.69, 9.17) is 11.6 Å². The van der Waals surface area contributed by atoms with E-state index in [2.05, 4.69) is 10.3 Å². The number of nitrogens with one attached hydrogen (secondary N) is 1. The van der Waals surface area contributed by atoms with Crippen LogP contribution in [-0.2, 0) is 10.0 Å². The third-order valence-electron chi connectivity index (χ3n) is 4.06. The minimum Gasteiger partial charge on any atom is -0.345 e. The van der Waals surface area contributed by atoms with Crippen LogP contribution in [0.1, 0.15) is 42.7 Å². The second kappa shape index (κ2) is 8.62. The summed E-state index contributed by atoms with van der Waals surface area (Å²) in [6.07, 6.45) is 1.41. The van der Waals surface area contributed by atoms with Crippen LogP contribution in [0.25, 0.3) is 0 Å². The topological polar surface area (TPSA) is 79.4 Å². The van der Waals surface area contributed by atoms with Gasteiger partial charge in [0.15, 0.2) is 0 Å². The van der Waals surface area contributed by atoms with Crippen LogP contribution in [0.2, 0.25) is 5.15 Å². The fourth-order valence-electron chi connectivity index (χ4n) is 2.51. The van der Waals surface area contributed by atoms with Gasteiger partial charge in [0.05, 0.1) is 16.5 Å². The molecule has 0 spiro atoms. The lowest BCUT2D eigenvalue weighted by atomic mass is 10.1. The zero-order valence-corrected chi connectivity index (χ0v) is 16.5. The largest absolute Gasteiger partial charge is 0.345 e. The van der Waals surface area contributed by atoms with Gasteiger partial charge in [0, 0.05) is 19.3 Å². The Morgan fingerprint density at radius 1 is 1.15 bits per heavy atom. The normalized spacial score (nSPS) is 12.8. The molecule has 0 saturated heterocycles. The standard InChI is InChI=1S/C18H22ClN3O3S/c1-4-22(5-2)26(24,25)16-9-6-14(7-10-16)13(3)21-18(23)15-8-11-17(19)20-12-15/h6-13H,4-5H2,1-3H3,(H,21,23)/t13-/m0/s1. The van der Waals surface area contributed by atoms with Crippen LogP contribution in [0.4, 0.5) is 0 Å². The van der Waals surface area contributed by atoms with Crippen molar-refractivity contribution in [2.75, 3.05) is 13.1 Å². The molecule has 0 aliphatic carbocycles. The Morgan fingerprint density at radius 3 is 2.27 bits per heavy atom. The molecule has 2 aromatic rings. The van der Waals surface area contributed by atoms with Gasteiger partial charge in [-0.3, -0.25) is 4.79 Å². The number of benzene rings is 1. The van der Waals surface area contributed by atoms with Gasteiger partial charge in [0.1, 0.15) is 5.15 Å². The minimum absolute atomic E-state index is 0.241. The van der Waals surface area contributed by atoms with E-state index in [1.165, 1.54) is 10.5 Å². The lowest BCUT2D eigenvalue weighted by molar-refractivity contribution is 0.0939. The summed E-state index contributed by atoms with van der Waals surface area (Å²) in [5, 5.41) is 3.17. The van der Waals surface area contributed by atoms with Crippen molar-refractivity contribution in [1.29, 1.82) is 0 Å². The smallest absolute Gasteiger partial charge is 0.253 e. The molecular formula is C18H22ClN3O3S. The SMILES string of the molecule is CCN(CC)S(=O)(=O)c1ccc([C@H](C)NC(=O)c2ccc(Cl)nc2)cc1. The number of halogens is 1. The van der Waals surface area contributed by atoms with Crippen molar-refractivity contribution >= 4 is 27.5 Å². The molecule has 1 amide bonds. The quantitative estimate of drug-likeness (QED) is 0.730. The molecule has 1 heterocycles. The number of carbonyl (C=O) groups is 1. The Kier molecular flexibility index (Phi) is 6.75. The third-order valence-corrected chi connectivity index (χ3v) is 6.35. The monoisotopic (exact) mass is 395 g/mol. The van der Waals surface area contributed by atoms with Crippen molar-refractivity contribution in [1.82, 2.24) is 14.6 Å². The number of pyridine rings is 1. The summed E-state index contributed by atoms with van der Waals surface area (Å²) in [6.45, 7) is 6.27. The maximum Gasteiger partial charge on any atom is 0.253 e. The molecule has 6 nitrogen and oxygen atoms in total. The summed E-state index contributed by atoms with van der Waals surface area (Å²) in [4.78, 5) is 16.4. The summed E-state index contributed by atoms with van der Waals surface area (Å²) < 4.78 is 26.4. The molecule has 0 bridgehead atoms. The first-order valence-electron chi connectivity index (χ1n) is 8.32. The summed E-state index contributed by atoms with van der Waals surface area (Å²) in [6, 6.07) is 9.40. The minimum atomic E-state index is -3.49. The number of rotatable bonds is 7. The number of sulfonamides is 1. The molecule has 0 aliphatic heterocycles. The first kappa shape index (κ1) is 20.4. The summed E-state index contributed by atoms with van der Waals surface area (Å²) >= 11 is 5.72. The van der Waals surface area contributed by atoms with E-state index in [-0.39, 0.29) is 16.8 Å². The van der Waals surface area contributed by atoms with E-state index in [1.54, 1.807) is 50.2 Å². The fourth-order valence-corrected chi connectivity index (χ4v) is 4.08. The predicted octanol–water partition coefficient (Wildman–Crippen LogP) is 3.26. The molecule has 0 saturated carbocycles. The highest BCUT2D eigenvalue weighted by atomic mass is 35.5. The number of aromatic nitrogens is 1. The van der Waals surface area contributed by atoms with Crippen molar-refractivity contribution in [2.45, 2.75) is 31.7 Å². The van der Waals surface area contributed by atoms with E-state index in [9.17, 15) is 13.2 Å². The molecule has 8 heteroatoms. The molecule has 0 unspecified atom stereocenters. The Morgan fingerprint density at radius 2 is 1.77 bits per heavy atom. The van der Waals surface area contributed by atoms with Gasteiger partial charge < -0.3 is 5.32 Å². The highest BCUT2D eigenvalue weighted by Gasteiger charge is 2.21. The van der Waals surface area contributed by atoms with Gasteiger partial charge in [-0.25, -0.2) is 13.4 Å². The molecule has 0 radical (unpaired) electrons. The molecule has 0 aliphatic rings. The lowest BCUT2D eigenvalue weighted by Gasteiger charge is -2.19. The van der Waals surface area contributed by atoms with Gasteiger partial charge in [-0.15, -0.1) is 0 Å². The molecule has 0 fully saturated rings. The first-order chi connectivity index (χ1) is 12.3. The Bertz CT molecular complexity index is 848. The second-order valence-corrected chi connectivity index (χ2v) is 8.05. The Labute approximate surface area is 159 Å². The molecule has 140 valence electrons. The maximum atomic E-state index is 12.5. The average molecular weight is 396 g/mol. The molecule has 1 atom stereocenters. The van der Waals surface area contributed by atoms with Crippen LogP contribution < -0.4 is 5.32 Å². The van der Waals surface area contributed by atoms with Crippen molar-refractivity contribution in [2.24, 2.45) is 0 Å². The van der Waals surface area contributed by atoms with E-state index in [1.807, 2.05) is 6.92 Å². The van der Waals surface area contributed by atoms with E-state index < -0.39 is 10.0 Å². The highest BCUT2D eigenvalue weighted by Crippen LogP contribution is 2.20. The van der Waals surface area contributed by atoms with Gasteiger partial charge in [0.25, 0.3) is 5.91 Å². The van der Waals surface area contributed by atoms with Crippen molar-refractivity contribution in [3.8, 4) is 0 Å². The van der Waals surface area contributed by atoms with Crippen LogP contribution in [0.15, 0.2) is 47.5 Å². The maximum absolute atomic E-state index is 12.5. The van der Waals surface area contributed by atoms with E-state index in [0.717, 1.165) is 5.56 Å². The van der Waals surface area contributed by atoms with Crippen molar-refractivity contribution in [3.05, 3.63) is 58.9 Å². The molecule has 1 aromatic heterocycles. The number of carbonyl (C=O) groups excluding carboxylic acids is 1. The number of hydrogen-bond acceptors (Lipinski definition) is 4. The van der Waals surface area contributed by atoms with Gasteiger partial charge >= 0.3 is 0 Å². The van der Waals surface area contributed by atoms with Crippen LogP contribution >= 0.6 is 11.6 Å². The van der Waals surface area contributed by atoms with Gasteiger partial charge in [-0.1, -0.05) is 37.6 Å². The van der Waals surface area contributed by atoms with Crippen LogP contribution in [-0.4, -0.2) is 36.7 Å². The number of nitrogens with zero attached hydrogens (tertiary/aromatic N) is 2. The van der Waals surface area contributed by atoms with Gasteiger partial charge in [0.2, 0.25) is 10.0 Å². The van der Waals surface area contributed by atoms with Crippen LogP contribution in [0.5, 0.6) is 0 Å². The summed E-state index contributed by atoms with van der Waals surface area (Å²) in [5.74, 6) is -0.276. The molecule has 1 N–H and O–H groups in total. The predicted molar refractivity (Wildman–Crippen MR) is 102 cm³/mol. The third kappa shape index (κ3) is 4.60. The zero-order valence-electron chi connectivity index (χ0n) is 14.9. The zero-order chi connectivity index (χ0) is 19.3. The molecular weight excluding hydrogens is 374 g/mol. The Hall–Kier alpha value is -1.96. The fraction of sp³-hybridized carbons (Fsp3) is 0.333. The van der Waals surface area contributed by atoms with E-state index >= 15 is 0 Å². The Balaban J connectivity index is 2.12. The second-order valence-electron chi connectivity index (χ2n) is 5.72. The van der Waals surface area contributed by atoms with Crippen molar-refractivity contribution < 1.29 is 13.2 Å². The van der Waals surface area contributed by atoms with Crippen LogP contribution in [0, 0.1) is 0 Å².